The Morgan fingerprint density at radius 1 is 1.33 bits per heavy atom. The molecule has 1 aliphatic heterocycles. The minimum absolute atomic E-state index is 0.0516. The topological polar surface area (TPSA) is 109 Å². The number of carboxylic acids is 1. The molecule has 9 heteroatoms. The molecule has 2 unspecified atom stereocenters. The predicted octanol–water partition coefficient (Wildman–Crippen LogP) is -0.497. The Bertz CT molecular complexity index is 523. The SMILES string of the molecule is CC1CCN(S(=O)(=O)CS(C)(=O)=O)C(C(=O)O)C1. The molecule has 0 bridgehead atoms. The highest BCUT2D eigenvalue weighted by molar-refractivity contribution is 8.06. The van der Waals surface area contributed by atoms with Crippen molar-refractivity contribution in [3.05, 3.63) is 0 Å². The zero-order valence-corrected chi connectivity index (χ0v) is 11.9. The first kappa shape index (κ1) is 15.4. The molecular formula is C9H17NO6S2. The molecule has 0 radical (unpaired) electrons. The molecule has 0 aromatic rings. The summed E-state index contributed by atoms with van der Waals surface area (Å²) >= 11 is 0. The Morgan fingerprint density at radius 2 is 1.89 bits per heavy atom. The molecule has 7 nitrogen and oxygen atoms in total. The quantitative estimate of drug-likeness (QED) is 0.750. The molecule has 0 saturated carbocycles. The van der Waals surface area contributed by atoms with Crippen LogP contribution in [-0.4, -0.2) is 56.1 Å². The van der Waals surface area contributed by atoms with E-state index in [0.717, 1.165) is 10.6 Å². The van der Waals surface area contributed by atoms with Crippen molar-refractivity contribution in [2.24, 2.45) is 5.92 Å². The van der Waals surface area contributed by atoms with Crippen LogP contribution in [0.1, 0.15) is 19.8 Å². The van der Waals surface area contributed by atoms with Gasteiger partial charge in [0.1, 0.15) is 6.04 Å². The Labute approximate surface area is 107 Å². The van der Waals surface area contributed by atoms with Crippen molar-refractivity contribution in [3.8, 4) is 0 Å². The van der Waals surface area contributed by atoms with Crippen LogP contribution in [0.4, 0.5) is 0 Å². The van der Waals surface area contributed by atoms with Crippen molar-refractivity contribution >= 4 is 25.8 Å². The van der Waals surface area contributed by atoms with Gasteiger partial charge >= 0.3 is 5.97 Å². The number of hydrogen-bond acceptors (Lipinski definition) is 5. The van der Waals surface area contributed by atoms with Gasteiger partial charge < -0.3 is 5.11 Å². The number of carbonyl (C=O) groups is 1. The molecule has 18 heavy (non-hydrogen) atoms. The Balaban J connectivity index is 3.02. The highest BCUT2D eigenvalue weighted by Crippen LogP contribution is 2.25. The largest absolute Gasteiger partial charge is 0.480 e. The van der Waals surface area contributed by atoms with E-state index in [9.17, 15) is 21.6 Å². The van der Waals surface area contributed by atoms with E-state index in [2.05, 4.69) is 0 Å². The lowest BCUT2D eigenvalue weighted by Crippen LogP contribution is -2.51. The second-order valence-corrected chi connectivity index (χ2v) is 9.18. The van der Waals surface area contributed by atoms with E-state index in [1.807, 2.05) is 6.92 Å². The summed E-state index contributed by atoms with van der Waals surface area (Å²) in [5.41, 5.74) is 0. The summed E-state index contributed by atoms with van der Waals surface area (Å²) in [5, 5.41) is 7.99. The van der Waals surface area contributed by atoms with Crippen molar-refractivity contribution in [2.45, 2.75) is 25.8 Å². The molecule has 0 aromatic heterocycles. The fraction of sp³-hybridized carbons (Fsp3) is 0.889. The van der Waals surface area contributed by atoms with Crippen LogP contribution < -0.4 is 0 Å². The zero-order valence-electron chi connectivity index (χ0n) is 10.2. The van der Waals surface area contributed by atoms with Gasteiger partial charge in [-0.05, 0) is 18.8 Å². The van der Waals surface area contributed by atoms with Gasteiger partial charge in [0.2, 0.25) is 10.0 Å². The zero-order chi connectivity index (χ0) is 14.1. The molecule has 0 amide bonds. The lowest BCUT2D eigenvalue weighted by atomic mass is 9.94. The molecule has 0 aromatic carbocycles. The number of sulfone groups is 1. The second kappa shape index (κ2) is 5.14. The van der Waals surface area contributed by atoms with E-state index in [1.54, 1.807) is 0 Å². The molecule has 1 heterocycles. The lowest BCUT2D eigenvalue weighted by molar-refractivity contribution is -0.142. The van der Waals surface area contributed by atoms with Gasteiger partial charge in [-0.25, -0.2) is 16.8 Å². The van der Waals surface area contributed by atoms with Gasteiger partial charge in [-0.3, -0.25) is 4.79 Å². The smallest absolute Gasteiger partial charge is 0.322 e. The van der Waals surface area contributed by atoms with E-state index < -0.39 is 37.0 Å². The van der Waals surface area contributed by atoms with Crippen LogP contribution in [0.3, 0.4) is 0 Å². The van der Waals surface area contributed by atoms with Crippen molar-refractivity contribution in [1.82, 2.24) is 4.31 Å². The van der Waals surface area contributed by atoms with E-state index in [4.69, 9.17) is 5.11 Å². The summed E-state index contributed by atoms with van der Waals surface area (Å²) in [6.45, 7) is 1.90. The number of piperidine rings is 1. The molecule has 2 atom stereocenters. The van der Waals surface area contributed by atoms with Crippen LogP contribution in [0, 0.1) is 5.92 Å². The van der Waals surface area contributed by atoms with E-state index in [-0.39, 0.29) is 18.9 Å². The van der Waals surface area contributed by atoms with Crippen molar-refractivity contribution in [3.63, 3.8) is 0 Å². The van der Waals surface area contributed by atoms with Gasteiger partial charge in [-0.1, -0.05) is 6.92 Å². The predicted molar refractivity (Wildman–Crippen MR) is 65.2 cm³/mol. The fourth-order valence-electron chi connectivity index (χ4n) is 2.02. The number of rotatable bonds is 4. The third-order valence-corrected chi connectivity index (χ3v) is 6.88. The molecule has 1 N–H and O–H groups in total. The fourth-order valence-corrected chi connectivity index (χ4v) is 5.67. The maximum absolute atomic E-state index is 11.9. The first-order valence-corrected chi connectivity index (χ1v) is 9.10. The number of carboxylic acid groups (broad SMARTS) is 1. The lowest BCUT2D eigenvalue weighted by Gasteiger charge is -2.34. The summed E-state index contributed by atoms with van der Waals surface area (Å²) < 4.78 is 46.8. The Kier molecular flexibility index (Phi) is 4.39. The van der Waals surface area contributed by atoms with Gasteiger partial charge in [0.15, 0.2) is 14.9 Å². The standard InChI is InChI=1S/C9H17NO6S2/c1-7-3-4-10(8(5-7)9(11)12)18(15,16)6-17(2,13)14/h7-8H,3-6H2,1-2H3,(H,11,12). The summed E-state index contributed by atoms with van der Waals surface area (Å²) in [5.74, 6) is -1.13. The molecule has 1 fully saturated rings. The third-order valence-electron chi connectivity index (χ3n) is 2.82. The van der Waals surface area contributed by atoms with Crippen molar-refractivity contribution in [1.29, 1.82) is 0 Å². The number of nitrogens with zero attached hydrogens (tertiary/aromatic N) is 1. The summed E-state index contributed by atoms with van der Waals surface area (Å²) in [6.07, 6.45) is 1.55. The number of aliphatic carboxylic acids is 1. The van der Waals surface area contributed by atoms with Crippen molar-refractivity contribution in [2.75, 3.05) is 17.9 Å². The number of sulfonamides is 1. The first-order valence-electron chi connectivity index (χ1n) is 5.43. The van der Waals surface area contributed by atoms with Crippen LogP contribution in [-0.2, 0) is 24.7 Å². The van der Waals surface area contributed by atoms with Crippen LogP contribution in [0.5, 0.6) is 0 Å². The number of hydrogen-bond donors (Lipinski definition) is 1. The third kappa shape index (κ3) is 3.92. The Morgan fingerprint density at radius 3 is 2.33 bits per heavy atom. The molecular weight excluding hydrogens is 282 g/mol. The first-order chi connectivity index (χ1) is 8.03. The van der Waals surface area contributed by atoms with Gasteiger partial charge in [-0.15, -0.1) is 0 Å². The van der Waals surface area contributed by atoms with Gasteiger partial charge in [0, 0.05) is 12.8 Å². The van der Waals surface area contributed by atoms with Crippen LogP contribution >= 0.6 is 0 Å². The van der Waals surface area contributed by atoms with E-state index in [0.29, 0.717) is 6.42 Å². The highest BCUT2D eigenvalue weighted by atomic mass is 32.3. The molecule has 106 valence electrons. The maximum atomic E-state index is 11.9. The summed E-state index contributed by atoms with van der Waals surface area (Å²) in [4.78, 5) is 11.1. The average Bonchev–Trinajstić information content (AvgIpc) is 2.12. The van der Waals surface area contributed by atoms with Crippen LogP contribution in [0.25, 0.3) is 0 Å². The molecule has 0 spiro atoms. The van der Waals surface area contributed by atoms with E-state index in [1.165, 1.54) is 0 Å². The Hall–Kier alpha value is -0.670. The molecule has 1 rings (SSSR count). The maximum Gasteiger partial charge on any atom is 0.322 e. The minimum Gasteiger partial charge on any atom is -0.480 e. The van der Waals surface area contributed by atoms with Gasteiger partial charge in [0.25, 0.3) is 0 Å². The minimum atomic E-state index is -4.09. The molecule has 1 saturated heterocycles. The van der Waals surface area contributed by atoms with Gasteiger partial charge in [-0.2, -0.15) is 4.31 Å². The highest BCUT2D eigenvalue weighted by Gasteiger charge is 2.40. The van der Waals surface area contributed by atoms with Crippen LogP contribution in [0.2, 0.25) is 0 Å². The average molecular weight is 299 g/mol. The monoisotopic (exact) mass is 299 g/mol. The van der Waals surface area contributed by atoms with Crippen LogP contribution in [0.15, 0.2) is 0 Å². The second-order valence-electron chi connectivity index (χ2n) is 4.75. The molecule has 0 aliphatic carbocycles. The molecule has 1 aliphatic rings. The summed E-state index contributed by atoms with van der Waals surface area (Å²) in [6, 6.07) is -1.17. The van der Waals surface area contributed by atoms with E-state index >= 15 is 0 Å². The summed E-state index contributed by atoms with van der Waals surface area (Å²) in [7, 11) is -7.81. The van der Waals surface area contributed by atoms with Crippen molar-refractivity contribution < 1.29 is 26.7 Å². The van der Waals surface area contributed by atoms with Gasteiger partial charge in [0.05, 0.1) is 0 Å². The normalized spacial score (nSPS) is 27.0.